The van der Waals surface area contributed by atoms with Crippen molar-refractivity contribution in [3.05, 3.63) is 54.4 Å². The average Bonchev–Trinajstić information content (AvgIpc) is 3.22. The maximum atomic E-state index is 11.7. The maximum absolute atomic E-state index is 11.7. The molecule has 6 nitrogen and oxygen atoms in total. The Hall–Kier alpha value is -3.15. The highest BCUT2D eigenvalue weighted by molar-refractivity contribution is 5.92. The highest BCUT2D eigenvalue weighted by Crippen LogP contribution is 2.31. The van der Waals surface area contributed by atoms with Crippen LogP contribution in [0.2, 0.25) is 0 Å². The van der Waals surface area contributed by atoms with Gasteiger partial charge in [-0.2, -0.15) is 0 Å². The van der Waals surface area contributed by atoms with Crippen LogP contribution in [0.5, 0.6) is 11.5 Å². The highest BCUT2D eigenvalue weighted by atomic mass is 16.5. The number of nitrogens with one attached hydrogen (secondary N) is 1. The molecule has 3 heterocycles. The summed E-state index contributed by atoms with van der Waals surface area (Å²) in [7, 11) is 1.58. The second kappa shape index (κ2) is 7.00. The summed E-state index contributed by atoms with van der Waals surface area (Å²) < 4.78 is 6.02. The van der Waals surface area contributed by atoms with E-state index in [2.05, 4.69) is 15.2 Å². The number of anilines is 1. The number of hydrogen-bond donors (Lipinski definition) is 1. The number of pyridine rings is 2. The molecule has 0 bridgehead atoms. The van der Waals surface area contributed by atoms with Crippen molar-refractivity contribution in [1.82, 2.24) is 15.3 Å². The number of aromatic nitrogens is 2. The molecule has 0 aliphatic carbocycles. The molecular formula is C20H20N4O2. The summed E-state index contributed by atoms with van der Waals surface area (Å²) in [5.74, 6) is 2.04. The number of nitrogens with zero attached hydrogens (tertiary/aromatic N) is 3. The maximum Gasteiger partial charge on any atom is 0.269 e. The van der Waals surface area contributed by atoms with Crippen molar-refractivity contribution in [2.45, 2.75) is 12.8 Å². The number of carbonyl (C=O) groups is 1. The van der Waals surface area contributed by atoms with Crippen LogP contribution in [-0.4, -0.2) is 36.0 Å². The molecule has 6 heteroatoms. The molecule has 2 aromatic heterocycles. The quantitative estimate of drug-likeness (QED) is 0.783. The second-order valence-corrected chi connectivity index (χ2v) is 6.24. The molecule has 1 aliphatic heterocycles. The van der Waals surface area contributed by atoms with Gasteiger partial charge in [0.15, 0.2) is 0 Å². The number of ether oxygens (including phenoxy) is 1. The Balaban J connectivity index is 1.65. The lowest BCUT2D eigenvalue weighted by Gasteiger charge is -2.17. The fraction of sp³-hybridized carbons (Fsp3) is 0.250. The molecule has 1 aromatic carbocycles. The Morgan fingerprint density at radius 3 is 2.81 bits per heavy atom. The molecule has 0 radical (unpaired) electrons. The molecule has 0 saturated carbocycles. The summed E-state index contributed by atoms with van der Waals surface area (Å²) in [6.07, 6.45) is 4.01. The van der Waals surface area contributed by atoms with E-state index < -0.39 is 0 Å². The van der Waals surface area contributed by atoms with Crippen LogP contribution in [0.15, 0.2) is 48.7 Å². The fourth-order valence-corrected chi connectivity index (χ4v) is 3.18. The summed E-state index contributed by atoms with van der Waals surface area (Å²) >= 11 is 0. The largest absolute Gasteiger partial charge is 0.457 e. The lowest BCUT2D eigenvalue weighted by molar-refractivity contribution is 0.0958. The second-order valence-electron chi connectivity index (χ2n) is 6.24. The van der Waals surface area contributed by atoms with Gasteiger partial charge in [-0.05, 0) is 43.2 Å². The van der Waals surface area contributed by atoms with Crippen LogP contribution in [0.4, 0.5) is 5.82 Å². The molecule has 4 rings (SSSR count). The van der Waals surface area contributed by atoms with Crippen LogP contribution < -0.4 is 15.0 Å². The molecule has 1 N–H and O–H groups in total. The fourth-order valence-electron chi connectivity index (χ4n) is 3.18. The van der Waals surface area contributed by atoms with E-state index in [9.17, 15) is 4.79 Å². The van der Waals surface area contributed by atoms with E-state index in [-0.39, 0.29) is 5.91 Å². The predicted octanol–water partition coefficient (Wildman–Crippen LogP) is 3.38. The minimum Gasteiger partial charge on any atom is -0.457 e. The van der Waals surface area contributed by atoms with E-state index in [1.807, 2.05) is 30.3 Å². The molecule has 3 aromatic rings. The molecular weight excluding hydrogens is 328 g/mol. The summed E-state index contributed by atoms with van der Waals surface area (Å²) in [6.45, 7) is 2.13. The van der Waals surface area contributed by atoms with Gasteiger partial charge in [-0.3, -0.25) is 9.78 Å². The molecule has 1 saturated heterocycles. The van der Waals surface area contributed by atoms with Gasteiger partial charge >= 0.3 is 0 Å². The first-order valence-corrected chi connectivity index (χ1v) is 8.75. The Morgan fingerprint density at radius 1 is 1.15 bits per heavy atom. The van der Waals surface area contributed by atoms with Crippen LogP contribution in [0.1, 0.15) is 23.3 Å². The number of amides is 1. The third-order valence-corrected chi connectivity index (χ3v) is 4.53. The van der Waals surface area contributed by atoms with Gasteiger partial charge in [0.05, 0.1) is 5.52 Å². The summed E-state index contributed by atoms with van der Waals surface area (Å²) in [4.78, 5) is 22.9. The lowest BCUT2D eigenvalue weighted by atomic mass is 10.2. The van der Waals surface area contributed by atoms with Crippen LogP contribution >= 0.6 is 0 Å². The number of hydrogen-bond acceptors (Lipinski definition) is 5. The van der Waals surface area contributed by atoms with Gasteiger partial charge in [-0.15, -0.1) is 0 Å². The van der Waals surface area contributed by atoms with Crippen LogP contribution in [0, 0.1) is 0 Å². The molecule has 0 unspecified atom stereocenters. The van der Waals surface area contributed by atoms with Gasteiger partial charge in [0, 0.05) is 37.8 Å². The first-order valence-electron chi connectivity index (χ1n) is 8.75. The van der Waals surface area contributed by atoms with E-state index >= 15 is 0 Å². The van der Waals surface area contributed by atoms with Crippen molar-refractivity contribution >= 4 is 22.6 Å². The van der Waals surface area contributed by atoms with Gasteiger partial charge in [0.25, 0.3) is 5.91 Å². The van der Waals surface area contributed by atoms with E-state index in [0.29, 0.717) is 17.2 Å². The van der Waals surface area contributed by atoms with Crippen molar-refractivity contribution in [3.8, 4) is 11.5 Å². The number of carbonyl (C=O) groups excluding carboxylic acids is 1. The minimum atomic E-state index is -0.245. The monoisotopic (exact) mass is 348 g/mol. The summed E-state index contributed by atoms with van der Waals surface area (Å²) in [5, 5.41) is 3.50. The standard InChI is InChI=1S/C20H20N4O2/c1-21-20(25)17-13-14(9-10-22-17)26-18-6-4-5-16-15(18)7-8-19(23-16)24-11-2-3-12-24/h4-10,13H,2-3,11-12H2,1H3,(H,21,25). The number of fused-ring (bicyclic) bond motifs is 1. The molecule has 1 fully saturated rings. The zero-order valence-corrected chi connectivity index (χ0v) is 14.6. The SMILES string of the molecule is CNC(=O)c1cc(Oc2cccc3nc(N4CCCC4)ccc23)ccn1. The molecule has 132 valence electrons. The third-order valence-electron chi connectivity index (χ3n) is 4.53. The summed E-state index contributed by atoms with van der Waals surface area (Å²) in [6, 6.07) is 13.3. The Labute approximate surface area is 151 Å². The topological polar surface area (TPSA) is 67.3 Å². The van der Waals surface area contributed by atoms with Gasteiger partial charge < -0.3 is 15.0 Å². The summed E-state index contributed by atoms with van der Waals surface area (Å²) in [5.41, 5.74) is 1.21. The van der Waals surface area contributed by atoms with E-state index in [0.717, 1.165) is 29.8 Å². The van der Waals surface area contributed by atoms with Crippen LogP contribution in [0.3, 0.4) is 0 Å². The van der Waals surface area contributed by atoms with E-state index in [1.165, 1.54) is 12.8 Å². The predicted molar refractivity (Wildman–Crippen MR) is 101 cm³/mol. The molecule has 1 amide bonds. The molecule has 26 heavy (non-hydrogen) atoms. The zero-order chi connectivity index (χ0) is 17.9. The van der Waals surface area contributed by atoms with Crippen molar-refractivity contribution in [3.63, 3.8) is 0 Å². The van der Waals surface area contributed by atoms with E-state index in [1.54, 1.807) is 25.4 Å². The van der Waals surface area contributed by atoms with Gasteiger partial charge in [0.1, 0.15) is 23.0 Å². The Bertz CT molecular complexity index is 951. The Morgan fingerprint density at radius 2 is 2.00 bits per heavy atom. The molecule has 1 aliphatic rings. The molecule has 0 spiro atoms. The first-order chi connectivity index (χ1) is 12.7. The van der Waals surface area contributed by atoms with Crippen LogP contribution in [0.25, 0.3) is 10.9 Å². The molecule has 0 atom stereocenters. The number of rotatable bonds is 4. The minimum absolute atomic E-state index is 0.245. The van der Waals surface area contributed by atoms with E-state index in [4.69, 9.17) is 9.72 Å². The van der Waals surface area contributed by atoms with Crippen molar-refractivity contribution < 1.29 is 9.53 Å². The third kappa shape index (κ3) is 3.18. The lowest BCUT2D eigenvalue weighted by Crippen LogP contribution is -2.19. The number of benzene rings is 1. The van der Waals surface area contributed by atoms with Crippen LogP contribution in [-0.2, 0) is 0 Å². The van der Waals surface area contributed by atoms with Crippen molar-refractivity contribution in [2.75, 3.05) is 25.0 Å². The van der Waals surface area contributed by atoms with Gasteiger partial charge in [-0.1, -0.05) is 6.07 Å². The van der Waals surface area contributed by atoms with Gasteiger partial charge in [0.2, 0.25) is 0 Å². The Kier molecular flexibility index (Phi) is 4.39. The average molecular weight is 348 g/mol. The van der Waals surface area contributed by atoms with Gasteiger partial charge in [-0.25, -0.2) is 4.98 Å². The zero-order valence-electron chi connectivity index (χ0n) is 14.6. The van der Waals surface area contributed by atoms with Crippen molar-refractivity contribution in [1.29, 1.82) is 0 Å². The normalized spacial score (nSPS) is 13.8. The first kappa shape index (κ1) is 16.3. The smallest absolute Gasteiger partial charge is 0.269 e. The van der Waals surface area contributed by atoms with Crippen molar-refractivity contribution in [2.24, 2.45) is 0 Å². The highest BCUT2D eigenvalue weighted by Gasteiger charge is 2.15.